The van der Waals surface area contributed by atoms with E-state index < -0.39 is 5.97 Å². The molecule has 0 aromatic heterocycles. The molecule has 0 heterocycles. The van der Waals surface area contributed by atoms with Gasteiger partial charge in [-0.15, -0.1) is 0 Å². The fourth-order valence-corrected chi connectivity index (χ4v) is 2.19. The third-order valence-corrected chi connectivity index (χ3v) is 3.52. The van der Waals surface area contributed by atoms with Crippen molar-refractivity contribution in [3.63, 3.8) is 0 Å². The number of allylic oxidation sites excluding steroid dienone is 2. The maximum atomic E-state index is 11.7. The minimum Gasteiger partial charge on any atom is -0.481 e. The van der Waals surface area contributed by atoms with Crippen LogP contribution in [0.5, 0.6) is 0 Å². The number of aliphatic carboxylic acids is 1. The predicted octanol–water partition coefficient (Wildman–Crippen LogP) is 4.47. The number of carbonyl (C=O) groups excluding carboxylic acids is 2. The van der Waals surface area contributed by atoms with Crippen LogP contribution in [0.3, 0.4) is 0 Å². The molecule has 0 aliphatic heterocycles. The van der Waals surface area contributed by atoms with E-state index in [1.54, 1.807) is 0 Å². The van der Waals surface area contributed by atoms with Gasteiger partial charge in [0, 0.05) is 32.1 Å². The Hall–Kier alpha value is -1.45. The quantitative estimate of drug-likeness (QED) is 0.358. The highest BCUT2D eigenvalue weighted by Crippen LogP contribution is 2.09. The summed E-state index contributed by atoms with van der Waals surface area (Å²) >= 11 is 0. The standard InChI is InChI=1S/C18H30O4/c1-2-3-4-8-11-16(19)14-15-17(20)12-9-6-5-7-10-13-18(21)22/h3-4H,2,5-15H2,1H3,(H,21,22). The van der Waals surface area contributed by atoms with E-state index in [0.717, 1.165) is 38.5 Å². The van der Waals surface area contributed by atoms with Gasteiger partial charge in [0.05, 0.1) is 0 Å². The van der Waals surface area contributed by atoms with Crippen molar-refractivity contribution in [1.82, 2.24) is 0 Å². The predicted molar refractivity (Wildman–Crippen MR) is 87.9 cm³/mol. The first kappa shape index (κ1) is 20.6. The molecule has 0 saturated carbocycles. The summed E-state index contributed by atoms with van der Waals surface area (Å²) < 4.78 is 0. The Morgan fingerprint density at radius 3 is 1.86 bits per heavy atom. The third-order valence-electron chi connectivity index (χ3n) is 3.52. The van der Waals surface area contributed by atoms with Gasteiger partial charge < -0.3 is 5.11 Å². The number of carbonyl (C=O) groups is 3. The number of Topliss-reactive ketones (excluding diaryl/α,β-unsaturated/α-hetero) is 2. The number of unbranched alkanes of at least 4 members (excludes halogenated alkanes) is 4. The van der Waals surface area contributed by atoms with Crippen molar-refractivity contribution in [2.45, 2.75) is 84.0 Å². The Bertz CT molecular complexity index is 358. The van der Waals surface area contributed by atoms with Crippen molar-refractivity contribution in [3.05, 3.63) is 12.2 Å². The molecule has 0 aromatic rings. The van der Waals surface area contributed by atoms with Gasteiger partial charge in [0.25, 0.3) is 0 Å². The lowest BCUT2D eigenvalue weighted by Gasteiger charge is -2.02. The maximum Gasteiger partial charge on any atom is 0.303 e. The zero-order chi connectivity index (χ0) is 16.6. The highest BCUT2D eigenvalue weighted by atomic mass is 16.4. The Balaban J connectivity index is 3.44. The SMILES string of the molecule is CCC=CCCC(=O)CCC(=O)CCCCCCCC(=O)O. The fourth-order valence-electron chi connectivity index (χ4n) is 2.19. The minimum atomic E-state index is -0.745. The molecule has 0 saturated heterocycles. The molecule has 0 unspecified atom stereocenters. The first-order valence-electron chi connectivity index (χ1n) is 8.46. The van der Waals surface area contributed by atoms with E-state index in [4.69, 9.17) is 5.11 Å². The summed E-state index contributed by atoms with van der Waals surface area (Å²) in [6.07, 6.45) is 12.3. The molecule has 4 nitrogen and oxygen atoms in total. The van der Waals surface area contributed by atoms with Crippen LogP contribution in [-0.4, -0.2) is 22.6 Å². The van der Waals surface area contributed by atoms with Crippen molar-refractivity contribution in [2.75, 3.05) is 0 Å². The molecule has 126 valence electrons. The largest absolute Gasteiger partial charge is 0.481 e. The van der Waals surface area contributed by atoms with Gasteiger partial charge in [-0.3, -0.25) is 14.4 Å². The van der Waals surface area contributed by atoms with E-state index in [2.05, 4.69) is 13.0 Å². The molecule has 0 aliphatic carbocycles. The topological polar surface area (TPSA) is 71.4 Å². The fraction of sp³-hybridized carbons (Fsp3) is 0.722. The summed E-state index contributed by atoms with van der Waals surface area (Å²) in [5.41, 5.74) is 0. The van der Waals surface area contributed by atoms with Crippen molar-refractivity contribution < 1.29 is 19.5 Å². The zero-order valence-corrected chi connectivity index (χ0v) is 13.8. The molecule has 0 spiro atoms. The average Bonchev–Trinajstić information content (AvgIpc) is 2.48. The average molecular weight is 310 g/mol. The molecule has 4 heteroatoms. The molecule has 0 aromatic carbocycles. The molecule has 1 N–H and O–H groups in total. The molecule has 0 amide bonds. The third kappa shape index (κ3) is 14.9. The van der Waals surface area contributed by atoms with Gasteiger partial charge in [-0.1, -0.05) is 38.3 Å². The summed E-state index contributed by atoms with van der Waals surface area (Å²) in [5, 5.41) is 8.50. The van der Waals surface area contributed by atoms with Gasteiger partial charge in [0.2, 0.25) is 0 Å². The van der Waals surface area contributed by atoms with Crippen molar-refractivity contribution in [1.29, 1.82) is 0 Å². The lowest BCUT2D eigenvalue weighted by atomic mass is 10.0. The molecular formula is C18H30O4. The Morgan fingerprint density at radius 1 is 0.727 bits per heavy atom. The summed E-state index contributed by atoms with van der Waals surface area (Å²) in [6.45, 7) is 2.06. The van der Waals surface area contributed by atoms with Crippen LogP contribution in [-0.2, 0) is 14.4 Å². The summed E-state index contributed by atoms with van der Waals surface area (Å²) in [5.74, 6) is -0.407. The van der Waals surface area contributed by atoms with E-state index in [1.165, 1.54) is 0 Å². The van der Waals surface area contributed by atoms with E-state index in [0.29, 0.717) is 32.1 Å². The molecule has 0 atom stereocenters. The van der Waals surface area contributed by atoms with Gasteiger partial charge in [0.15, 0.2) is 0 Å². The highest BCUT2D eigenvalue weighted by Gasteiger charge is 2.06. The van der Waals surface area contributed by atoms with E-state index in [1.807, 2.05) is 6.08 Å². The molecule has 0 rings (SSSR count). The first-order chi connectivity index (χ1) is 10.6. The van der Waals surface area contributed by atoms with Gasteiger partial charge >= 0.3 is 5.97 Å². The van der Waals surface area contributed by atoms with Crippen LogP contribution < -0.4 is 0 Å². The lowest BCUT2D eigenvalue weighted by Crippen LogP contribution is -2.04. The number of carboxylic acid groups (broad SMARTS) is 1. The van der Waals surface area contributed by atoms with E-state index in [-0.39, 0.29) is 18.0 Å². The van der Waals surface area contributed by atoms with E-state index >= 15 is 0 Å². The lowest BCUT2D eigenvalue weighted by molar-refractivity contribution is -0.137. The van der Waals surface area contributed by atoms with Crippen molar-refractivity contribution >= 4 is 17.5 Å². The minimum absolute atomic E-state index is 0.169. The van der Waals surface area contributed by atoms with Crippen molar-refractivity contribution in [3.8, 4) is 0 Å². The van der Waals surface area contributed by atoms with Crippen LogP contribution in [0, 0.1) is 0 Å². The first-order valence-corrected chi connectivity index (χ1v) is 8.46. The second-order valence-electron chi connectivity index (χ2n) is 5.66. The summed E-state index contributed by atoms with van der Waals surface area (Å²) in [6, 6.07) is 0. The monoisotopic (exact) mass is 310 g/mol. The van der Waals surface area contributed by atoms with Crippen LogP contribution in [0.4, 0.5) is 0 Å². The number of hydrogen-bond donors (Lipinski definition) is 1. The highest BCUT2D eigenvalue weighted by molar-refractivity contribution is 5.85. The molecule has 22 heavy (non-hydrogen) atoms. The molecule has 0 aliphatic rings. The molecular weight excluding hydrogens is 280 g/mol. The van der Waals surface area contributed by atoms with Gasteiger partial charge in [0.1, 0.15) is 11.6 Å². The van der Waals surface area contributed by atoms with Crippen LogP contribution in [0.2, 0.25) is 0 Å². The van der Waals surface area contributed by atoms with Crippen LogP contribution >= 0.6 is 0 Å². The molecule has 0 bridgehead atoms. The van der Waals surface area contributed by atoms with Gasteiger partial charge in [-0.25, -0.2) is 0 Å². The molecule has 0 radical (unpaired) electrons. The summed E-state index contributed by atoms with van der Waals surface area (Å²) in [7, 11) is 0. The van der Waals surface area contributed by atoms with Crippen LogP contribution in [0.1, 0.15) is 84.0 Å². The smallest absolute Gasteiger partial charge is 0.303 e. The van der Waals surface area contributed by atoms with Crippen LogP contribution in [0.25, 0.3) is 0 Å². The molecule has 0 fully saturated rings. The normalized spacial score (nSPS) is 11.0. The van der Waals surface area contributed by atoms with Gasteiger partial charge in [-0.2, -0.15) is 0 Å². The maximum absolute atomic E-state index is 11.7. The summed E-state index contributed by atoms with van der Waals surface area (Å²) in [4.78, 5) is 33.6. The Labute approximate surface area is 134 Å². The number of hydrogen-bond acceptors (Lipinski definition) is 3. The number of rotatable bonds is 15. The van der Waals surface area contributed by atoms with E-state index in [9.17, 15) is 14.4 Å². The Kier molecular flexibility index (Phi) is 13.5. The number of carboxylic acids is 1. The second kappa shape index (κ2) is 14.5. The van der Waals surface area contributed by atoms with Gasteiger partial charge in [-0.05, 0) is 25.7 Å². The number of ketones is 2. The second-order valence-corrected chi connectivity index (χ2v) is 5.66. The zero-order valence-electron chi connectivity index (χ0n) is 13.8. The van der Waals surface area contributed by atoms with Crippen LogP contribution in [0.15, 0.2) is 12.2 Å². The van der Waals surface area contributed by atoms with Crippen molar-refractivity contribution in [2.24, 2.45) is 0 Å². The Morgan fingerprint density at radius 2 is 1.27 bits per heavy atom.